The number of halogens is 1. The highest BCUT2D eigenvalue weighted by atomic mass is 35.5. The molecule has 0 aromatic heterocycles. The van der Waals surface area contributed by atoms with Gasteiger partial charge in [-0.2, -0.15) is 0 Å². The Morgan fingerprint density at radius 3 is 2.50 bits per heavy atom. The zero-order valence-electron chi connectivity index (χ0n) is 9.76. The van der Waals surface area contributed by atoms with Gasteiger partial charge in [-0.05, 0) is 36.8 Å². The minimum absolute atomic E-state index is 0.299. The lowest BCUT2D eigenvalue weighted by molar-refractivity contribution is -0.140. The smallest absolute Gasteiger partial charge is 0.330 e. The van der Waals surface area contributed by atoms with Crippen molar-refractivity contribution in [1.82, 2.24) is 4.90 Å². The summed E-state index contributed by atoms with van der Waals surface area (Å²) in [6.45, 7) is 2.04. The molecule has 1 aromatic carbocycles. The summed E-state index contributed by atoms with van der Waals surface area (Å²) < 4.78 is 0. The minimum atomic E-state index is -1.01. The fourth-order valence-corrected chi connectivity index (χ4v) is 2.12. The van der Waals surface area contributed by atoms with Crippen molar-refractivity contribution in [3.05, 3.63) is 46.5 Å². The lowest BCUT2D eigenvalue weighted by atomic mass is 10.1. The number of nitrogens with zero attached hydrogens (tertiary/aromatic N) is 1. The van der Waals surface area contributed by atoms with Gasteiger partial charge in [-0.3, -0.25) is 4.79 Å². The molecule has 0 bridgehead atoms. The van der Waals surface area contributed by atoms with Gasteiger partial charge in [0, 0.05) is 17.1 Å². The molecule has 5 heteroatoms. The Balaban J connectivity index is 2.25. The molecule has 0 aliphatic carbocycles. The maximum atomic E-state index is 12.2. The molecular weight excluding hydrogens is 254 g/mol. The normalized spacial score (nSPS) is 18.7. The van der Waals surface area contributed by atoms with E-state index in [9.17, 15) is 9.59 Å². The number of carbonyl (C=O) groups excluding carboxylic acids is 1. The number of carboxylic acids is 1. The quantitative estimate of drug-likeness (QED) is 0.834. The van der Waals surface area contributed by atoms with E-state index in [1.54, 1.807) is 37.3 Å². The lowest BCUT2D eigenvalue weighted by Gasteiger charge is -2.23. The van der Waals surface area contributed by atoms with Gasteiger partial charge in [-0.1, -0.05) is 17.7 Å². The number of benzene rings is 1. The van der Waals surface area contributed by atoms with E-state index in [0.717, 1.165) is 0 Å². The SMILES string of the molecule is CC1=CCN(C(=O)c2ccc(Cl)cc2)C1C(=O)O. The van der Waals surface area contributed by atoms with Crippen LogP contribution in [0, 0.1) is 0 Å². The Morgan fingerprint density at radius 2 is 1.94 bits per heavy atom. The van der Waals surface area contributed by atoms with Crippen molar-refractivity contribution in [1.29, 1.82) is 0 Å². The zero-order valence-corrected chi connectivity index (χ0v) is 10.5. The van der Waals surface area contributed by atoms with Crippen molar-refractivity contribution in [2.45, 2.75) is 13.0 Å². The van der Waals surface area contributed by atoms with Gasteiger partial charge in [-0.25, -0.2) is 4.79 Å². The van der Waals surface area contributed by atoms with Crippen molar-refractivity contribution in [2.75, 3.05) is 6.54 Å². The first-order chi connectivity index (χ1) is 8.50. The van der Waals surface area contributed by atoms with Crippen LogP contribution in [-0.2, 0) is 4.79 Å². The number of carbonyl (C=O) groups is 2. The number of carboxylic acid groups (broad SMARTS) is 1. The predicted octanol–water partition coefficient (Wildman–Crippen LogP) is 2.20. The van der Waals surface area contributed by atoms with Gasteiger partial charge in [0.1, 0.15) is 0 Å². The standard InChI is InChI=1S/C13H12ClNO3/c1-8-6-7-15(11(8)13(17)18)12(16)9-2-4-10(14)5-3-9/h2-6,11H,7H2,1H3,(H,17,18). The van der Waals surface area contributed by atoms with E-state index >= 15 is 0 Å². The van der Waals surface area contributed by atoms with Gasteiger partial charge in [0.25, 0.3) is 5.91 Å². The summed E-state index contributed by atoms with van der Waals surface area (Å²) >= 11 is 5.75. The average Bonchev–Trinajstić information content (AvgIpc) is 2.71. The third kappa shape index (κ3) is 2.24. The van der Waals surface area contributed by atoms with Crippen LogP contribution in [-0.4, -0.2) is 34.5 Å². The maximum Gasteiger partial charge on any atom is 0.330 e. The van der Waals surface area contributed by atoms with Crippen LogP contribution in [0.2, 0.25) is 5.02 Å². The molecule has 1 aliphatic heterocycles. The molecule has 0 saturated heterocycles. The van der Waals surface area contributed by atoms with Gasteiger partial charge in [0.15, 0.2) is 6.04 Å². The Labute approximate surface area is 109 Å². The Morgan fingerprint density at radius 1 is 1.33 bits per heavy atom. The Hall–Kier alpha value is -1.81. The Bertz CT molecular complexity index is 522. The molecule has 1 N–H and O–H groups in total. The lowest BCUT2D eigenvalue weighted by Crippen LogP contribution is -2.42. The second-order valence-electron chi connectivity index (χ2n) is 4.15. The molecule has 4 nitrogen and oxygen atoms in total. The summed E-state index contributed by atoms with van der Waals surface area (Å²) in [6.07, 6.45) is 1.76. The fourth-order valence-electron chi connectivity index (χ4n) is 1.99. The van der Waals surface area contributed by atoms with Crippen LogP contribution in [0.15, 0.2) is 35.9 Å². The molecule has 0 saturated carbocycles. The topological polar surface area (TPSA) is 57.6 Å². The number of aliphatic carboxylic acids is 1. The molecule has 18 heavy (non-hydrogen) atoms. The zero-order chi connectivity index (χ0) is 13.3. The monoisotopic (exact) mass is 265 g/mol. The molecule has 2 rings (SSSR count). The first-order valence-corrected chi connectivity index (χ1v) is 5.84. The first kappa shape index (κ1) is 12.6. The van der Waals surface area contributed by atoms with Crippen molar-refractivity contribution in [2.24, 2.45) is 0 Å². The van der Waals surface area contributed by atoms with Crippen LogP contribution >= 0.6 is 11.6 Å². The van der Waals surface area contributed by atoms with Gasteiger partial charge in [0.05, 0.1) is 0 Å². The van der Waals surface area contributed by atoms with E-state index in [0.29, 0.717) is 22.7 Å². The van der Waals surface area contributed by atoms with Crippen molar-refractivity contribution >= 4 is 23.5 Å². The summed E-state index contributed by atoms with van der Waals surface area (Å²) in [4.78, 5) is 24.7. The number of amides is 1. The molecule has 1 atom stereocenters. The van der Waals surface area contributed by atoms with Crippen LogP contribution in [0.4, 0.5) is 0 Å². The summed E-state index contributed by atoms with van der Waals surface area (Å²) in [6, 6.07) is 5.55. The van der Waals surface area contributed by atoms with Gasteiger partial charge < -0.3 is 10.0 Å². The highest BCUT2D eigenvalue weighted by Gasteiger charge is 2.34. The highest BCUT2D eigenvalue weighted by Crippen LogP contribution is 2.21. The second kappa shape index (κ2) is 4.82. The minimum Gasteiger partial charge on any atom is -0.479 e. The number of rotatable bonds is 2. The second-order valence-corrected chi connectivity index (χ2v) is 4.59. The highest BCUT2D eigenvalue weighted by molar-refractivity contribution is 6.30. The van der Waals surface area contributed by atoms with E-state index in [1.807, 2.05) is 0 Å². The van der Waals surface area contributed by atoms with Crippen LogP contribution in [0.3, 0.4) is 0 Å². The molecular formula is C13H12ClNO3. The van der Waals surface area contributed by atoms with E-state index in [2.05, 4.69) is 0 Å². The van der Waals surface area contributed by atoms with E-state index < -0.39 is 12.0 Å². The van der Waals surface area contributed by atoms with E-state index in [4.69, 9.17) is 16.7 Å². The average molecular weight is 266 g/mol. The Kier molecular flexibility index (Phi) is 3.39. The summed E-state index contributed by atoms with van der Waals surface area (Å²) in [7, 11) is 0. The maximum absolute atomic E-state index is 12.2. The van der Waals surface area contributed by atoms with Crippen molar-refractivity contribution in [3.63, 3.8) is 0 Å². The van der Waals surface area contributed by atoms with Gasteiger partial charge in [0.2, 0.25) is 0 Å². The predicted molar refractivity (Wildman–Crippen MR) is 67.7 cm³/mol. The largest absolute Gasteiger partial charge is 0.479 e. The molecule has 1 heterocycles. The first-order valence-electron chi connectivity index (χ1n) is 5.46. The van der Waals surface area contributed by atoms with Gasteiger partial charge >= 0.3 is 5.97 Å². The third-order valence-electron chi connectivity index (χ3n) is 2.94. The summed E-state index contributed by atoms with van der Waals surface area (Å²) in [5, 5.41) is 9.68. The van der Waals surface area contributed by atoms with Crippen LogP contribution in [0.1, 0.15) is 17.3 Å². The third-order valence-corrected chi connectivity index (χ3v) is 3.19. The van der Waals surface area contributed by atoms with Gasteiger partial charge in [-0.15, -0.1) is 0 Å². The van der Waals surface area contributed by atoms with E-state index in [1.165, 1.54) is 4.90 Å². The van der Waals surface area contributed by atoms with Crippen molar-refractivity contribution in [3.8, 4) is 0 Å². The molecule has 0 radical (unpaired) electrons. The molecule has 1 aromatic rings. The molecule has 1 amide bonds. The fraction of sp³-hybridized carbons (Fsp3) is 0.231. The van der Waals surface area contributed by atoms with E-state index in [-0.39, 0.29) is 5.91 Å². The molecule has 1 aliphatic rings. The summed E-state index contributed by atoms with van der Waals surface area (Å²) in [5.41, 5.74) is 1.12. The molecule has 0 spiro atoms. The number of hydrogen-bond acceptors (Lipinski definition) is 2. The van der Waals surface area contributed by atoms with Crippen LogP contribution < -0.4 is 0 Å². The molecule has 1 unspecified atom stereocenters. The summed E-state index contributed by atoms with van der Waals surface area (Å²) in [5.74, 6) is -1.31. The number of hydrogen-bond donors (Lipinski definition) is 1. The van der Waals surface area contributed by atoms with Crippen molar-refractivity contribution < 1.29 is 14.7 Å². The molecule has 0 fully saturated rings. The van der Waals surface area contributed by atoms with Crippen LogP contribution in [0.25, 0.3) is 0 Å². The van der Waals surface area contributed by atoms with Crippen LogP contribution in [0.5, 0.6) is 0 Å². The molecule has 94 valence electrons.